The monoisotopic (exact) mass is 409 g/mol. The van der Waals surface area contributed by atoms with Crippen LogP contribution in [0.4, 0.5) is 0 Å². The van der Waals surface area contributed by atoms with Crippen molar-refractivity contribution in [2.75, 3.05) is 13.7 Å². The molecule has 3 aromatic rings. The van der Waals surface area contributed by atoms with Gasteiger partial charge in [-0.15, -0.1) is 10.2 Å². The number of ether oxygens (including phenoxy) is 2. The Balaban J connectivity index is 1.49. The molecule has 0 aliphatic rings. The zero-order valence-electron chi connectivity index (χ0n) is 16.4. The number of benzene rings is 2. The molecule has 3 rings (SSSR count). The van der Waals surface area contributed by atoms with E-state index in [0.29, 0.717) is 11.6 Å². The average Bonchev–Trinajstić information content (AvgIpc) is 3.21. The summed E-state index contributed by atoms with van der Waals surface area (Å²) in [6.45, 7) is 1.01. The first kappa shape index (κ1) is 20.6. The second-order valence-corrected chi connectivity index (χ2v) is 6.25. The molecular formula is C20H19N5O5. The van der Waals surface area contributed by atoms with E-state index in [0.717, 1.165) is 15.9 Å². The Kier molecular flexibility index (Phi) is 6.48. The molecule has 154 valence electrons. The van der Waals surface area contributed by atoms with Crippen LogP contribution in [-0.4, -0.2) is 51.7 Å². The molecule has 0 atom stereocenters. The van der Waals surface area contributed by atoms with E-state index in [1.807, 2.05) is 31.2 Å². The van der Waals surface area contributed by atoms with Crippen molar-refractivity contribution < 1.29 is 23.9 Å². The summed E-state index contributed by atoms with van der Waals surface area (Å²) in [5.41, 5.74) is 2.04. The Morgan fingerprint density at radius 3 is 2.53 bits per heavy atom. The fourth-order valence-corrected chi connectivity index (χ4v) is 2.50. The third kappa shape index (κ3) is 5.25. The highest BCUT2D eigenvalue weighted by molar-refractivity contribution is 6.06. The van der Waals surface area contributed by atoms with Gasteiger partial charge in [-0.05, 0) is 24.3 Å². The number of rotatable bonds is 7. The molecule has 10 heteroatoms. The molecule has 2 amide bonds. The third-order valence-electron chi connectivity index (χ3n) is 4.00. The summed E-state index contributed by atoms with van der Waals surface area (Å²) in [5, 5.41) is 13.9. The van der Waals surface area contributed by atoms with E-state index >= 15 is 0 Å². The van der Waals surface area contributed by atoms with E-state index in [-0.39, 0.29) is 12.1 Å². The number of para-hydroxylation sites is 1. The van der Waals surface area contributed by atoms with Crippen LogP contribution in [0.2, 0.25) is 0 Å². The molecule has 0 spiro atoms. The van der Waals surface area contributed by atoms with Crippen LogP contribution in [0.1, 0.15) is 15.9 Å². The van der Waals surface area contributed by atoms with Gasteiger partial charge >= 0.3 is 5.97 Å². The maximum Gasteiger partial charge on any atom is 0.330 e. The molecule has 0 saturated heterocycles. The van der Waals surface area contributed by atoms with Gasteiger partial charge in [-0.2, -0.15) is 4.80 Å². The highest BCUT2D eigenvalue weighted by Crippen LogP contribution is 2.16. The summed E-state index contributed by atoms with van der Waals surface area (Å²) in [6, 6.07) is 13.9. The first-order chi connectivity index (χ1) is 14.5. The van der Waals surface area contributed by atoms with Gasteiger partial charge in [0.1, 0.15) is 5.75 Å². The van der Waals surface area contributed by atoms with Gasteiger partial charge in [0.2, 0.25) is 5.82 Å². The first-order valence-corrected chi connectivity index (χ1v) is 8.94. The van der Waals surface area contributed by atoms with Crippen molar-refractivity contribution in [3.8, 4) is 17.1 Å². The highest BCUT2D eigenvalue weighted by Gasteiger charge is 2.16. The van der Waals surface area contributed by atoms with Crippen LogP contribution >= 0.6 is 0 Å². The zero-order valence-corrected chi connectivity index (χ0v) is 16.4. The van der Waals surface area contributed by atoms with Crippen LogP contribution in [-0.2, 0) is 20.9 Å². The number of aryl methyl sites for hydroxylation is 1. The number of carbonyl (C=O) groups excluding carboxylic acids is 3. The normalized spacial score (nSPS) is 10.3. The molecule has 0 aliphatic carbocycles. The lowest BCUT2D eigenvalue weighted by Gasteiger charge is -2.08. The quantitative estimate of drug-likeness (QED) is 0.576. The SMILES string of the molecule is COc1ccccc1C(=O)NC(=O)COC(=O)Cn1nnc(-c2ccc(C)cc2)n1. The van der Waals surface area contributed by atoms with Crippen molar-refractivity contribution >= 4 is 17.8 Å². The van der Waals surface area contributed by atoms with Crippen LogP contribution in [0.25, 0.3) is 11.4 Å². The minimum atomic E-state index is -0.772. The number of esters is 1. The number of hydrogen-bond acceptors (Lipinski definition) is 8. The van der Waals surface area contributed by atoms with Crippen LogP contribution < -0.4 is 10.1 Å². The van der Waals surface area contributed by atoms with Gasteiger partial charge in [-0.25, -0.2) is 4.79 Å². The second-order valence-electron chi connectivity index (χ2n) is 6.25. The first-order valence-electron chi connectivity index (χ1n) is 8.94. The number of methoxy groups -OCH3 is 1. The Bertz CT molecular complexity index is 1060. The Hall–Kier alpha value is -4.08. The predicted molar refractivity (Wildman–Crippen MR) is 104 cm³/mol. The molecule has 2 aromatic carbocycles. The van der Waals surface area contributed by atoms with Gasteiger partial charge in [-0.3, -0.25) is 14.9 Å². The molecule has 0 saturated carbocycles. The fraction of sp³-hybridized carbons (Fsp3) is 0.200. The summed E-state index contributed by atoms with van der Waals surface area (Å²) >= 11 is 0. The van der Waals surface area contributed by atoms with Crippen molar-refractivity contribution in [3.05, 3.63) is 59.7 Å². The van der Waals surface area contributed by atoms with Crippen LogP contribution in [0, 0.1) is 6.92 Å². The number of carbonyl (C=O) groups is 3. The van der Waals surface area contributed by atoms with Gasteiger partial charge in [0.15, 0.2) is 13.2 Å². The Morgan fingerprint density at radius 1 is 1.07 bits per heavy atom. The Morgan fingerprint density at radius 2 is 1.80 bits per heavy atom. The Labute approximate surface area is 171 Å². The number of tetrazole rings is 1. The van der Waals surface area contributed by atoms with Crippen molar-refractivity contribution in [1.82, 2.24) is 25.5 Å². The number of hydrogen-bond donors (Lipinski definition) is 1. The lowest BCUT2D eigenvalue weighted by Crippen LogP contribution is -2.34. The fourth-order valence-electron chi connectivity index (χ4n) is 2.50. The highest BCUT2D eigenvalue weighted by atomic mass is 16.5. The molecule has 30 heavy (non-hydrogen) atoms. The van der Waals surface area contributed by atoms with Gasteiger partial charge in [0.05, 0.1) is 12.7 Å². The average molecular weight is 409 g/mol. The molecule has 10 nitrogen and oxygen atoms in total. The summed E-state index contributed by atoms with van der Waals surface area (Å²) in [6.07, 6.45) is 0. The van der Waals surface area contributed by atoms with Gasteiger partial charge < -0.3 is 9.47 Å². The topological polar surface area (TPSA) is 125 Å². The molecular weight excluding hydrogens is 390 g/mol. The molecule has 1 heterocycles. The van der Waals surface area contributed by atoms with E-state index in [1.165, 1.54) is 13.2 Å². The minimum Gasteiger partial charge on any atom is -0.496 e. The van der Waals surface area contributed by atoms with E-state index in [4.69, 9.17) is 9.47 Å². The number of nitrogens with zero attached hydrogens (tertiary/aromatic N) is 4. The van der Waals surface area contributed by atoms with Crippen molar-refractivity contribution in [1.29, 1.82) is 0 Å². The standard InChI is InChI=1S/C20H19N5O5/c1-13-7-9-14(10-8-13)19-22-24-25(23-19)11-18(27)30-12-17(26)21-20(28)15-5-3-4-6-16(15)29-2/h3-10H,11-12H2,1-2H3,(H,21,26,28). The van der Waals surface area contributed by atoms with Crippen molar-refractivity contribution in [2.24, 2.45) is 0 Å². The summed E-state index contributed by atoms with van der Waals surface area (Å²) in [4.78, 5) is 37.0. The number of aromatic nitrogens is 4. The number of nitrogens with one attached hydrogen (secondary N) is 1. The summed E-state index contributed by atoms with van der Waals surface area (Å²) in [7, 11) is 1.41. The third-order valence-corrected chi connectivity index (χ3v) is 4.00. The van der Waals surface area contributed by atoms with E-state index < -0.39 is 24.4 Å². The van der Waals surface area contributed by atoms with Crippen LogP contribution in [0.15, 0.2) is 48.5 Å². The molecule has 0 aliphatic heterocycles. The van der Waals surface area contributed by atoms with Crippen molar-refractivity contribution in [2.45, 2.75) is 13.5 Å². The number of amides is 2. The lowest BCUT2D eigenvalue weighted by molar-refractivity contribution is -0.149. The molecule has 0 radical (unpaired) electrons. The molecule has 0 unspecified atom stereocenters. The smallest absolute Gasteiger partial charge is 0.330 e. The zero-order chi connectivity index (χ0) is 21.5. The molecule has 1 N–H and O–H groups in total. The van der Waals surface area contributed by atoms with E-state index in [2.05, 4.69) is 20.7 Å². The second kappa shape index (κ2) is 9.41. The summed E-state index contributed by atoms with van der Waals surface area (Å²) in [5.74, 6) is -1.49. The molecule has 0 fully saturated rings. The van der Waals surface area contributed by atoms with E-state index in [9.17, 15) is 14.4 Å². The van der Waals surface area contributed by atoms with Gasteiger partial charge in [-0.1, -0.05) is 42.0 Å². The maximum atomic E-state index is 12.1. The predicted octanol–water partition coefficient (Wildman–Crippen LogP) is 1.16. The molecule has 0 bridgehead atoms. The van der Waals surface area contributed by atoms with Gasteiger partial charge in [0.25, 0.3) is 11.8 Å². The van der Waals surface area contributed by atoms with Gasteiger partial charge in [0, 0.05) is 5.56 Å². The van der Waals surface area contributed by atoms with E-state index in [1.54, 1.807) is 18.2 Å². The largest absolute Gasteiger partial charge is 0.496 e. The number of imide groups is 1. The van der Waals surface area contributed by atoms with Crippen LogP contribution in [0.3, 0.4) is 0 Å². The van der Waals surface area contributed by atoms with Crippen LogP contribution in [0.5, 0.6) is 5.75 Å². The van der Waals surface area contributed by atoms with Crippen molar-refractivity contribution in [3.63, 3.8) is 0 Å². The molecule has 1 aromatic heterocycles. The minimum absolute atomic E-state index is 0.190. The summed E-state index contributed by atoms with van der Waals surface area (Å²) < 4.78 is 9.94. The lowest BCUT2D eigenvalue weighted by atomic mass is 10.1. The maximum absolute atomic E-state index is 12.1.